The maximum atomic E-state index is 12.5. The minimum absolute atomic E-state index is 0.0244. The van der Waals surface area contributed by atoms with Gasteiger partial charge >= 0.3 is 0 Å². The molecule has 1 heterocycles. The summed E-state index contributed by atoms with van der Waals surface area (Å²) in [6, 6.07) is 5.04. The number of benzene rings is 1. The topological polar surface area (TPSA) is 64.4 Å². The van der Waals surface area contributed by atoms with E-state index in [2.05, 4.69) is 5.10 Å². The lowest BCUT2D eigenvalue weighted by molar-refractivity contribution is 0.102. The van der Waals surface area contributed by atoms with Crippen LogP contribution in [0.2, 0.25) is 0 Å². The molecule has 0 saturated carbocycles. The minimum Gasteiger partial charge on any atom is -0.504 e. The van der Waals surface area contributed by atoms with E-state index in [1.807, 2.05) is 13.1 Å². The van der Waals surface area contributed by atoms with Gasteiger partial charge in [0.1, 0.15) is 0 Å². The van der Waals surface area contributed by atoms with E-state index < -0.39 is 0 Å². The summed E-state index contributed by atoms with van der Waals surface area (Å²) in [4.78, 5) is 12.5. The normalized spacial score (nSPS) is 16.1. The molecule has 1 aliphatic rings. The Bertz CT molecular complexity index is 744. The SMILES string of the molecule is COc1cc(/C=C2/CCc3c(cnn3C)C2=O)ccc1O. The zero-order valence-electron chi connectivity index (χ0n) is 12.0. The van der Waals surface area contributed by atoms with Crippen molar-refractivity contribution in [3.63, 3.8) is 0 Å². The molecule has 21 heavy (non-hydrogen) atoms. The molecule has 0 saturated heterocycles. The quantitative estimate of drug-likeness (QED) is 0.860. The first-order chi connectivity index (χ1) is 10.1. The first kappa shape index (κ1) is 13.4. The van der Waals surface area contributed by atoms with E-state index >= 15 is 0 Å². The van der Waals surface area contributed by atoms with Crippen LogP contribution in [0.4, 0.5) is 0 Å². The molecule has 2 aromatic rings. The molecule has 5 heteroatoms. The molecule has 0 amide bonds. The van der Waals surface area contributed by atoms with E-state index in [4.69, 9.17) is 4.74 Å². The summed E-state index contributed by atoms with van der Waals surface area (Å²) < 4.78 is 6.84. The van der Waals surface area contributed by atoms with Crippen LogP contribution >= 0.6 is 0 Å². The molecule has 1 aromatic heterocycles. The summed E-state index contributed by atoms with van der Waals surface area (Å²) in [6.07, 6.45) is 4.97. The monoisotopic (exact) mass is 284 g/mol. The average Bonchev–Trinajstić information content (AvgIpc) is 2.86. The number of phenols is 1. The average molecular weight is 284 g/mol. The van der Waals surface area contributed by atoms with Crippen molar-refractivity contribution in [2.24, 2.45) is 7.05 Å². The number of ketones is 1. The number of rotatable bonds is 2. The third-order valence-corrected chi connectivity index (χ3v) is 3.77. The van der Waals surface area contributed by atoms with Gasteiger partial charge in [0.15, 0.2) is 17.3 Å². The van der Waals surface area contributed by atoms with Gasteiger partial charge in [-0.05, 0) is 36.6 Å². The molecule has 5 nitrogen and oxygen atoms in total. The number of nitrogens with zero attached hydrogens (tertiary/aromatic N) is 2. The number of carbonyl (C=O) groups is 1. The molecule has 0 fully saturated rings. The third-order valence-electron chi connectivity index (χ3n) is 3.77. The van der Waals surface area contributed by atoms with Gasteiger partial charge in [-0.3, -0.25) is 9.48 Å². The fraction of sp³-hybridized carbons (Fsp3) is 0.250. The minimum atomic E-state index is 0.0244. The number of Topliss-reactive ketones (excluding diaryl/α,β-unsaturated/α-hetero) is 1. The molecule has 0 atom stereocenters. The number of hydrogen-bond acceptors (Lipinski definition) is 4. The fourth-order valence-corrected chi connectivity index (χ4v) is 2.61. The first-order valence-corrected chi connectivity index (χ1v) is 6.73. The molecule has 3 rings (SSSR count). The van der Waals surface area contributed by atoms with Crippen molar-refractivity contribution < 1.29 is 14.6 Å². The molecule has 1 aliphatic carbocycles. The van der Waals surface area contributed by atoms with Crippen LogP contribution in [0, 0.1) is 0 Å². The molecule has 0 aliphatic heterocycles. The maximum absolute atomic E-state index is 12.5. The van der Waals surface area contributed by atoms with Gasteiger partial charge in [0.05, 0.1) is 18.9 Å². The Labute approximate surface area is 122 Å². The van der Waals surface area contributed by atoms with E-state index in [0.717, 1.165) is 23.3 Å². The summed E-state index contributed by atoms with van der Waals surface area (Å²) in [5.74, 6) is 0.509. The molecule has 108 valence electrons. The number of aromatic hydroxyl groups is 1. The standard InChI is InChI=1S/C16H16N2O3/c1-18-13-5-4-11(16(20)12(13)9-17-18)7-10-3-6-14(19)15(8-10)21-2/h3,6-9,19H,4-5H2,1-2H3/b11-7-. The van der Waals surface area contributed by atoms with Crippen LogP contribution in [0.5, 0.6) is 11.5 Å². The van der Waals surface area contributed by atoms with Crippen molar-refractivity contribution in [2.45, 2.75) is 12.8 Å². The predicted molar refractivity (Wildman–Crippen MR) is 78.5 cm³/mol. The van der Waals surface area contributed by atoms with Gasteiger partial charge in [-0.15, -0.1) is 0 Å². The Morgan fingerprint density at radius 2 is 2.19 bits per heavy atom. The van der Waals surface area contributed by atoms with Gasteiger partial charge in [-0.1, -0.05) is 6.07 Å². The zero-order valence-corrected chi connectivity index (χ0v) is 12.0. The number of methoxy groups -OCH3 is 1. The number of ether oxygens (including phenoxy) is 1. The Hall–Kier alpha value is -2.56. The first-order valence-electron chi connectivity index (χ1n) is 6.73. The molecule has 1 N–H and O–H groups in total. The van der Waals surface area contributed by atoms with Gasteiger partial charge in [0.25, 0.3) is 0 Å². The van der Waals surface area contributed by atoms with E-state index in [1.165, 1.54) is 7.11 Å². The van der Waals surface area contributed by atoms with E-state index in [9.17, 15) is 9.90 Å². The van der Waals surface area contributed by atoms with Crippen molar-refractivity contribution in [2.75, 3.05) is 7.11 Å². The molecule has 0 radical (unpaired) electrons. The highest BCUT2D eigenvalue weighted by Gasteiger charge is 2.24. The Morgan fingerprint density at radius 3 is 2.95 bits per heavy atom. The van der Waals surface area contributed by atoms with Crippen molar-refractivity contribution in [1.82, 2.24) is 9.78 Å². The number of aryl methyl sites for hydroxylation is 1. The van der Waals surface area contributed by atoms with E-state index in [0.29, 0.717) is 17.7 Å². The summed E-state index contributed by atoms with van der Waals surface area (Å²) in [7, 11) is 3.35. The second kappa shape index (κ2) is 5.09. The largest absolute Gasteiger partial charge is 0.504 e. The second-order valence-electron chi connectivity index (χ2n) is 5.06. The number of aromatic nitrogens is 2. The molecular formula is C16H16N2O3. The lowest BCUT2D eigenvalue weighted by atomic mass is 9.90. The second-order valence-corrected chi connectivity index (χ2v) is 5.06. The predicted octanol–water partition coefficient (Wildman–Crippen LogP) is 2.35. The van der Waals surface area contributed by atoms with Crippen LogP contribution in [0.1, 0.15) is 28.0 Å². The number of phenolic OH excluding ortho intramolecular Hbond substituents is 1. The van der Waals surface area contributed by atoms with Crippen LogP contribution in [-0.2, 0) is 13.5 Å². The number of hydrogen-bond donors (Lipinski definition) is 1. The third kappa shape index (κ3) is 2.31. The fourth-order valence-electron chi connectivity index (χ4n) is 2.61. The lowest BCUT2D eigenvalue weighted by Crippen LogP contribution is -2.14. The molecule has 0 spiro atoms. The van der Waals surface area contributed by atoms with E-state index in [1.54, 1.807) is 29.1 Å². The van der Waals surface area contributed by atoms with Gasteiger partial charge in [-0.2, -0.15) is 5.10 Å². The number of allylic oxidation sites excluding steroid dienone is 1. The zero-order chi connectivity index (χ0) is 15.0. The van der Waals surface area contributed by atoms with Crippen LogP contribution < -0.4 is 4.74 Å². The highest BCUT2D eigenvalue weighted by molar-refractivity contribution is 6.12. The van der Waals surface area contributed by atoms with E-state index in [-0.39, 0.29) is 11.5 Å². The van der Waals surface area contributed by atoms with Crippen molar-refractivity contribution in [3.05, 3.63) is 46.8 Å². The summed E-state index contributed by atoms with van der Waals surface area (Å²) in [5, 5.41) is 13.7. The molecule has 0 bridgehead atoms. The van der Waals surface area contributed by atoms with Crippen LogP contribution in [0.15, 0.2) is 30.0 Å². The highest BCUT2D eigenvalue weighted by Crippen LogP contribution is 2.30. The van der Waals surface area contributed by atoms with Crippen LogP contribution in [0.25, 0.3) is 6.08 Å². The van der Waals surface area contributed by atoms with Gasteiger partial charge in [0.2, 0.25) is 0 Å². The highest BCUT2D eigenvalue weighted by atomic mass is 16.5. The van der Waals surface area contributed by atoms with Gasteiger partial charge < -0.3 is 9.84 Å². The van der Waals surface area contributed by atoms with Crippen molar-refractivity contribution >= 4 is 11.9 Å². The van der Waals surface area contributed by atoms with Gasteiger partial charge in [0, 0.05) is 18.3 Å². The Morgan fingerprint density at radius 1 is 1.38 bits per heavy atom. The molecular weight excluding hydrogens is 268 g/mol. The number of carbonyl (C=O) groups excluding carboxylic acids is 1. The molecule has 0 unspecified atom stereocenters. The maximum Gasteiger partial charge on any atom is 0.192 e. The van der Waals surface area contributed by atoms with Crippen molar-refractivity contribution in [1.29, 1.82) is 0 Å². The van der Waals surface area contributed by atoms with Crippen LogP contribution in [0.3, 0.4) is 0 Å². The van der Waals surface area contributed by atoms with Crippen LogP contribution in [-0.4, -0.2) is 27.8 Å². The van der Waals surface area contributed by atoms with Crippen molar-refractivity contribution in [3.8, 4) is 11.5 Å². The molecule has 1 aromatic carbocycles. The summed E-state index contributed by atoms with van der Waals surface area (Å²) >= 11 is 0. The smallest absolute Gasteiger partial charge is 0.192 e. The lowest BCUT2D eigenvalue weighted by Gasteiger charge is -2.14. The Balaban J connectivity index is 1.96. The summed E-state index contributed by atoms with van der Waals surface area (Å²) in [5.41, 5.74) is 3.25. The summed E-state index contributed by atoms with van der Waals surface area (Å²) in [6.45, 7) is 0. The Kier molecular flexibility index (Phi) is 3.25. The van der Waals surface area contributed by atoms with Gasteiger partial charge in [-0.25, -0.2) is 0 Å². The number of fused-ring (bicyclic) bond motifs is 1.